The second kappa shape index (κ2) is 7.94. The SMILES string of the molecule is Cc1cccc(OCC(=O)NC2CN(c3ccncn3)CC2CO)c1. The zero-order chi connectivity index (χ0) is 17.6. The van der Waals surface area contributed by atoms with Crippen LogP contribution in [-0.4, -0.2) is 53.3 Å². The molecule has 7 heteroatoms. The Morgan fingerprint density at radius 3 is 3.00 bits per heavy atom. The standard InChI is InChI=1S/C18H22N4O3/c1-13-3-2-4-15(7-13)25-11-18(24)21-16-9-22(8-14(16)10-23)17-5-6-19-12-20-17/h2-7,12,14,16,23H,8-11H2,1H3,(H,21,24). The van der Waals surface area contributed by atoms with E-state index in [9.17, 15) is 9.90 Å². The number of carbonyl (C=O) groups excluding carboxylic acids is 1. The van der Waals surface area contributed by atoms with Crippen molar-refractivity contribution >= 4 is 11.7 Å². The Hall–Kier alpha value is -2.67. The highest BCUT2D eigenvalue weighted by Crippen LogP contribution is 2.21. The number of rotatable bonds is 6. The molecule has 1 aliphatic rings. The van der Waals surface area contributed by atoms with Gasteiger partial charge in [0, 0.05) is 31.8 Å². The summed E-state index contributed by atoms with van der Waals surface area (Å²) in [5.74, 6) is 1.22. The van der Waals surface area contributed by atoms with E-state index in [1.54, 1.807) is 6.20 Å². The maximum atomic E-state index is 12.2. The Labute approximate surface area is 146 Å². The van der Waals surface area contributed by atoms with Crippen LogP contribution in [0.15, 0.2) is 42.9 Å². The number of aliphatic hydroxyl groups is 1. The normalized spacial score (nSPS) is 19.7. The molecule has 0 radical (unpaired) electrons. The van der Waals surface area contributed by atoms with E-state index in [-0.39, 0.29) is 31.1 Å². The van der Waals surface area contributed by atoms with Gasteiger partial charge >= 0.3 is 0 Å². The number of aliphatic hydroxyl groups excluding tert-OH is 1. The summed E-state index contributed by atoms with van der Waals surface area (Å²) in [4.78, 5) is 22.4. The number of hydrogen-bond donors (Lipinski definition) is 2. The van der Waals surface area contributed by atoms with Crippen LogP contribution < -0.4 is 15.0 Å². The summed E-state index contributed by atoms with van der Waals surface area (Å²) >= 11 is 0. The lowest BCUT2D eigenvalue weighted by molar-refractivity contribution is -0.124. The third-order valence-corrected chi connectivity index (χ3v) is 4.27. The average molecular weight is 342 g/mol. The van der Waals surface area contributed by atoms with Gasteiger partial charge in [0.05, 0.1) is 6.04 Å². The first-order valence-corrected chi connectivity index (χ1v) is 8.26. The number of hydrogen-bond acceptors (Lipinski definition) is 6. The van der Waals surface area contributed by atoms with E-state index in [1.807, 2.05) is 42.2 Å². The monoisotopic (exact) mass is 342 g/mol. The third kappa shape index (κ3) is 4.45. The predicted molar refractivity (Wildman–Crippen MR) is 93.4 cm³/mol. The molecule has 2 aromatic rings. The molecule has 0 aliphatic carbocycles. The maximum absolute atomic E-state index is 12.2. The van der Waals surface area contributed by atoms with Crippen molar-refractivity contribution in [1.29, 1.82) is 0 Å². The van der Waals surface area contributed by atoms with Crippen LogP contribution in [0.1, 0.15) is 5.56 Å². The lowest BCUT2D eigenvalue weighted by atomic mass is 10.1. The van der Waals surface area contributed by atoms with Crippen molar-refractivity contribution in [2.24, 2.45) is 5.92 Å². The number of aromatic nitrogens is 2. The molecule has 7 nitrogen and oxygen atoms in total. The summed E-state index contributed by atoms with van der Waals surface area (Å²) < 4.78 is 5.53. The first-order valence-electron chi connectivity index (χ1n) is 8.26. The summed E-state index contributed by atoms with van der Waals surface area (Å²) in [6.07, 6.45) is 3.17. The molecule has 1 aromatic heterocycles. The molecular weight excluding hydrogens is 320 g/mol. The van der Waals surface area contributed by atoms with E-state index in [4.69, 9.17) is 4.74 Å². The van der Waals surface area contributed by atoms with Crippen molar-refractivity contribution in [2.75, 3.05) is 31.2 Å². The lowest BCUT2D eigenvalue weighted by Gasteiger charge is -2.18. The molecule has 2 unspecified atom stereocenters. The first kappa shape index (κ1) is 17.2. The number of nitrogens with zero attached hydrogens (tertiary/aromatic N) is 3. The highest BCUT2D eigenvalue weighted by molar-refractivity contribution is 5.78. The Balaban J connectivity index is 1.55. The van der Waals surface area contributed by atoms with Crippen molar-refractivity contribution in [3.05, 3.63) is 48.4 Å². The summed E-state index contributed by atoms with van der Waals surface area (Å²) in [7, 11) is 0. The summed E-state index contributed by atoms with van der Waals surface area (Å²) in [6, 6.07) is 9.24. The van der Waals surface area contributed by atoms with E-state index in [2.05, 4.69) is 15.3 Å². The van der Waals surface area contributed by atoms with Gasteiger partial charge < -0.3 is 20.1 Å². The molecule has 2 atom stereocenters. The number of benzene rings is 1. The number of nitrogens with one attached hydrogen (secondary N) is 1. The van der Waals surface area contributed by atoms with E-state index in [0.717, 1.165) is 11.4 Å². The minimum absolute atomic E-state index is 0.00523. The van der Waals surface area contributed by atoms with Gasteiger partial charge in [-0.1, -0.05) is 12.1 Å². The Morgan fingerprint density at radius 1 is 1.40 bits per heavy atom. The van der Waals surface area contributed by atoms with Gasteiger partial charge in [-0.05, 0) is 30.7 Å². The molecule has 0 bridgehead atoms. The predicted octanol–water partition coefficient (Wildman–Crippen LogP) is 0.777. The molecule has 0 saturated carbocycles. The van der Waals surface area contributed by atoms with Crippen molar-refractivity contribution < 1.29 is 14.6 Å². The van der Waals surface area contributed by atoms with Crippen LogP contribution in [0.4, 0.5) is 5.82 Å². The number of carbonyl (C=O) groups is 1. The first-order chi connectivity index (χ1) is 12.2. The second-order valence-electron chi connectivity index (χ2n) is 6.19. The quantitative estimate of drug-likeness (QED) is 0.807. The second-order valence-corrected chi connectivity index (χ2v) is 6.19. The van der Waals surface area contributed by atoms with Gasteiger partial charge in [-0.15, -0.1) is 0 Å². The minimum Gasteiger partial charge on any atom is -0.484 e. The minimum atomic E-state index is -0.200. The van der Waals surface area contributed by atoms with Gasteiger partial charge in [-0.25, -0.2) is 9.97 Å². The van der Waals surface area contributed by atoms with Crippen LogP contribution in [0.5, 0.6) is 5.75 Å². The van der Waals surface area contributed by atoms with Crippen molar-refractivity contribution in [3.8, 4) is 5.75 Å². The lowest BCUT2D eigenvalue weighted by Crippen LogP contribution is -2.43. The fraction of sp³-hybridized carbons (Fsp3) is 0.389. The Morgan fingerprint density at radius 2 is 2.28 bits per heavy atom. The highest BCUT2D eigenvalue weighted by Gasteiger charge is 2.34. The van der Waals surface area contributed by atoms with Crippen molar-refractivity contribution in [2.45, 2.75) is 13.0 Å². The van der Waals surface area contributed by atoms with Crippen LogP contribution in [0.3, 0.4) is 0 Å². The smallest absolute Gasteiger partial charge is 0.258 e. The molecule has 25 heavy (non-hydrogen) atoms. The van der Waals surface area contributed by atoms with E-state index < -0.39 is 0 Å². The van der Waals surface area contributed by atoms with Crippen LogP contribution in [0, 0.1) is 12.8 Å². The number of anilines is 1. The molecule has 1 aromatic carbocycles. The molecule has 1 amide bonds. The van der Waals surface area contributed by atoms with Crippen molar-refractivity contribution in [1.82, 2.24) is 15.3 Å². The van der Waals surface area contributed by atoms with Gasteiger partial charge in [0.15, 0.2) is 6.61 Å². The fourth-order valence-corrected chi connectivity index (χ4v) is 2.98. The maximum Gasteiger partial charge on any atom is 0.258 e. The average Bonchev–Trinajstić information content (AvgIpc) is 3.04. The molecule has 3 rings (SSSR count). The molecular formula is C18H22N4O3. The van der Waals surface area contributed by atoms with Crippen LogP contribution in [-0.2, 0) is 4.79 Å². The van der Waals surface area contributed by atoms with Gasteiger partial charge in [0.1, 0.15) is 17.9 Å². The molecule has 1 fully saturated rings. The topological polar surface area (TPSA) is 87.6 Å². The summed E-state index contributed by atoms with van der Waals surface area (Å²) in [5, 5.41) is 12.6. The zero-order valence-electron chi connectivity index (χ0n) is 14.1. The van der Waals surface area contributed by atoms with Crippen LogP contribution in [0.25, 0.3) is 0 Å². The zero-order valence-corrected chi connectivity index (χ0v) is 14.1. The molecule has 1 aliphatic heterocycles. The summed E-state index contributed by atoms with van der Waals surface area (Å²) in [6.45, 7) is 3.16. The molecule has 132 valence electrons. The number of amides is 1. The van der Waals surface area contributed by atoms with Crippen LogP contribution in [0.2, 0.25) is 0 Å². The largest absolute Gasteiger partial charge is 0.484 e. The van der Waals surface area contributed by atoms with Crippen LogP contribution >= 0.6 is 0 Å². The highest BCUT2D eigenvalue weighted by atomic mass is 16.5. The number of aryl methyl sites for hydroxylation is 1. The molecule has 1 saturated heterocycles. The molecule has 2 N–H and O–H groups in total. The Bertz CT molecular complexity index is 710. The number of ether oxygens (including phenoxy) is 1. The van der Waals surface area contributed by atoms with E-state index in [1.165, 1.54) is 6.33 Å². The van der Waals surface area contributed by atoms with Crippen molar-refractivity contribution in [3.63, 3.8) is 0 Å². The van der Waals surface area contributed by atoms with Gasteiger partial charge in [-0.3, -0.25) is 4.79 Å². The molecule has 0 spiro atoms. The van der Waals surface area contributed by atoms with Gasteiger partial charge in [0.25, 0.3) is 5.91 Å². The Kier molecular flexibility index (Phi) is 5.45. The summed E-state index contributed by atoms with van der Waals surface area (Å²) in [5.41, 5.74) is 1.08. The van der Waals surface area contributed by atoms with Gasteiger partial charge in [-0.2, -0.15) is 0 Å². The third-order valence-electron chi connectivity index (χ3n) is 4.27. The van der Waals surface area contributed by atoms with E-state index in [0.29, 0.717) is 18.8 Å². The van der Waals surface area contributed by atoms with Gasteiger partial charge in [0.2, 0.25) is 0 Å². The molecule has 2 heterocycles. The van der Waals surface area contributed by atoms with E-state index >= 15 is 0 Å². The fourth-order valence-electron chi connectivity index (χ4n) is 2.98.